The molecular weight excluding hydrogens is 400 g/mol. The number of hydrogen-bond donors (Lipinski definition) is 0. The second-order valence-corrected chi connectivity index (χ2v) is 7.70. The first-order chi connectivity index (χ1) is 13.9. The molecule has 2 aromatic rings. The Hall–Kier alpha value is -3.05. The number of pyridine rings is 2. The van der Waals surface area contributed by atoms with Crippen LogP contribution in [0.2, 0.25) is 0 Å². The molecule has 1 aliphatic rings. The van der Waals surface area contributed by atoms with E-state index in [0.717, 1.165) is 18.3 Å². The SMILES string of the molecule is C#CC1=CC(OC)(c2ncc(F)cc2-c2cncc(C(F)(F)F)c2)CC(C)(C)C1=O. The Bertz CT molecular complexity index is 1080. The normalized spacial score (nSPS) is 21.1. The monoisotopic (exact) mass is 418 g/mol. The molecular formula is C22H18F4N2O2. The van der Waals surface area contributed by atoms with Crippen LogP contribution in [0.4, 0.5) is 17.6 Å². The van der Waals surface area contributed by atoms with Crippen molar-refractivity contribution in [2.45, 2.75) is 32.0 Å². The fraction of sp³-hybridized carbons (Fsp3) is 0.318. The highest BCUT2D eigenvalue weighted by molar-refractivity contribution is 6.04. The Morgan fingerprint density at radius 1 is 1.20 bits per heavy atom. The maximum Gasteiger partial charge on any atom is 0.417 e. The molecule has 0 aromatic carbocycles. The van der Waals surface area contributed by atoms with Gasteiger partial charge in [0.1, 0.15) is 11.4 Å². The lowest BCUT2D eigenvalue weighted by Gasteiger charge is -2.40. The molecule has 156 valence electrons. The standard InChI is InChI=1S/C22H18F4N2O2/c1-5-13-8-21(30-4,12-20(2,3)19(13)29)18-17(7-16(23)11-28-18)14-6-15(10-27-9-14)22(24,25)26/h1,6-11H,12H2,2-4H3. The number of carbonyl (C=O) groups is 1. The van der Waals surface area contributed by atoms with Crippen molar-refractivity contribution in [3.63, 3.8) is 0 Å². The summed E-state index contributed by atoms with van der Waals surface area (Å²) >= 11 is 0. The molecule has 2 heterocycles. The molecule has 8 heteroatoms. The number of aromatic nitrogens is 2. The number of Topliss-reactive ketones (excluding diaryl/α,β-unsaturated/α-hetero) is 1. The van der Waals surface area contributed by atoms with Crippen LogP contribution in [0.25, 0.3) is 11.1 Å². The molecule has 0 radical (unpaired) electrons. The van der Waals surface area contributed by atoms with E-state index in [2.05, 4.69) is 15.9 Å². The Morgan fingerprint density at radius 2 is 1.90 bits per heavy atom. The topological polar surface area (TPSA) is 52.1 Å². The van der Waals surface area contributed by atoms with Gasteiger partial charge >= 0.3 is 6.18 Å². The van der Waals surface area contributed by atoms with Crippen molar-refractivity contribution in [1.29, 1.82) is 0 Å². The molecule has 1 atom stereocenters. The number of alkyl halides is 3. The van der Waals surface area contributed by atoms with Crippen molar-refractivity contribution in [2.75, 3.05) is 7.11 Å². The highest BCUT2D eigenvalue weighted by atomic mass is 19.4. The smallest absolute Gasteiger partial charge is 0.368 e. The average molecular weight is 418 g/mol. The van der Waals surface area contributed by atoms with Crippen LogP contribution in [0.1, 0.15) is 31.5 Å². The van der Waals surface area contributed by atoms with E-state index < -0.39 is 28.6 Å². The second-order valence-electron chi connectivity index (χ2n) is 7.70. The van der Waals surface area contributed by atoms with Crippen molar-refractivity contribution < 1.29 is 27.1 Å². The van der Waals surface area contributed by atoms with Crippen LogP contribution >= 0.6 is 0 Å². The van der Waals surface area contributed by atoms with E-state index >= 15 is 0 Å². The Balaban J connectivity index is 2.29. The minimum Gasteiger partial charge on any atom is -0.368 e. The number of terminal acetylenes is 1. The van der Waals surface area contributed by atoms with Crippen LogP contribution < -0.4 is 0 Å². The number of methoxy groups -OCH3 is 1. The van der Waals surface area contributed by atoms with Gasteiger partial charge in [-0.1, -0.05) is 19.8 Å². The largest absolute Gasteiger partial charge is 0.417 e. The van der Waals surface area contributed by atoms with Gasteiger partial charge in [0.2, 0.25) is 0 Å². The first-order valence-electron chi connectivity index (χ1n) is 8.91. The predicted octanol–water partition coefficient (Wildman–Crippen LogP) is 4.70. The Kier molecular flexibility index (Phi) is 5.29. The van der Waals surface area contributed by atoms with Gasteiger partial charge in [-0.2, -0.15) is 13.2 Å². The second kappa shape index (κ2) is 7.33. The first kappa shape index (κ1) is 21.7. The number of rotatable bonds is 3. The van der Waals surface area contributed by atoms with Crippen LogP contribution in [-0.4, -0.2) is 22.9 Å². The van der Waals surface area contributed by atoms with Crippen molar-refractivity contribution in [2.24, 2.45) is 5.41 Å². The fourth-order valence-electron chi connectivity index (χ4n) is 3.68. The molecule has 0 amide bonds. The lowest BCUT2D eigenvalue weighted by Crippen LogP contribution is -2.43. The molecule has 0 N–H and O–H groups in total. The zero-order chi connectivity index (χ0) is 22.3. The van der Waals surface area contributed by atoms with Gasteiger partial charge in [-0.3, -0.25) is 14.8 Å². The highest BCUT2D eigenvalue weighted by Crippen LogP contribution is 2.47. The zero-order valence-corrected chi connectivity index (χ0v) is 16.5. The molecule has 1 aliphatic carbocycles. The third kappa shape index (κ3) is 3.73. The maximum atomic E-state index is 14.1. The summed E-state index contributed by atoms with van der Waals surface area (Å²) < 4.78 is 59.3. The fourth-order valence-corrected chi connectivity index (χ4v) is 3.68. The summed E-state index contributed by atoms with van der Waals surface area (Å²) in [5.41, 5.74) is -3.00. The number of hydrogen-bond acceptors (Lipinski definition) is 4. The van der Waals surface area contributed by atoms with Crippen molar-refractivity contribution in [1.82, 2.24) is 9.97 Å². The van der Waals surface area contributed by atoms with Gasteiger partial charge in [-0.15, -0.1) is 6.42 Å². The molecule has 0 bridgehead atoms. The first-order valence-corrected chi connectivity index (χ1v) is 8.91. The minimum atomic E-state index is -4.63. The van der Waals surface area contributed by atoms with Gasteiger partial charge in [0, 0.05) is 36.0 Å². The number of carbonyl (C=O) groups excluding carboxylic acids is 1. The van der Waals surface area contributed by atoms with E-state index in [4.69, 9.17) is 11.2 Å². The van der Waals surface area contributed by atoms with Crippen molar-refractivity contribution in [3.05, 3.63) is 59.4 Å². The van der Waals surface area contributed by atoms with Gasteiger partial charge in [0.05, 0.1) is 23.0 Å². The van der Waals surface area contributed by atoms with Gasteiger partial charge in [0.25, 0.3) is 0 Å². The Labute approximate surface area is 171 Å². The number of allylic oxidation sites excluding steroid dienone is 1. The molecule has 3 rings (SSSR count). The minimum absolute atomic E-state index is 0.00798. The van der Waals surface area contributed by atoms with Crippen LogP contribution in [0.3, 0.4) is 0 Å². The average Bonchev–Trinajstić information content (AvgIpc) is 2.69. The summed E-state index contributed by atoms with van der Waals surface area (Å²) in [6.07, 6.45) is 5.21. The number of ketones is 1. The van der Waals surface area contributed by atoms with Crippen molar-refractivity contribution >= 4 is 5.78 Å². The zero-order valence-electron chi connectivity index (χ0n) is 16.5. The van der Waals surface area contributed by atoms with Gasteiger partial charge in [-0.25, -0.2) is 4.39 Å². The molecule has 0 saturated carbocycles. The molecule has 1 unspecified atom stereocenters. The molecule has 0 fully saturated rings. The summed E-state index contributed by atoms with van der Waals surface area (Å²) in [5, 5.41) is 0. The van der Waals surface area contributed by atoms with Gasteiger partial charge in [-0.05, 0) is 24.6 Å². The Morgan fingerprint density at radius 3 is 2.50 bits per heavy atom. The van der Waals surface area contributed by atoms with Crippen LogP contribution in [0.5, 0.6) is 0 Å². The molecule has 4 nitrogen and oxygen atoms in total. The summed E-state index contributed by atoms with van der Waals surface area (Å²) in [5.74, 6) is 1.33. The predicted molar refractivity (Wildman–Crippen MR) is 101 cm³/mol. The molecule has 30 heavy (non-hydrogen) atoms. The van der Waals surface area contributed by atoms with Crippen LogP contribution in [-0.2, 0) is 21.3 Å². The highest BCUT2D eigenvalue weighted by Gasteiger charge is 2.48. The third-order valence-corrected chi connectivity index (χ3v) is 5.09. The summed E-state index contributed by atoms with van der Waals surface area (Å²) in [7, 11) is 1.37. The van der Waals surface area contributed by atoms with Gasteiger partial charge in [0.15, 0.2) is 5.78 Å². The van der Waals surface area contributed by atoms with Gasteiger partial charge < -0.3 is 4.74 Å². The van der Waals surface area contributed by atoms with E-state index in [0.29, 0.717) is 6.20 Å². The van der Waals surface area contributed by atoms with Crippen LogP contribution in [0, 0.1) is 23.6 Å². The summed E-state index contributed by atoms with van der Waals surface area (Å²) in [4.78, 5) is 20.4. The van der Waals surface area contributed by atoms with Crippen LogP contribution in [0.15, 0.2) is 42.4 Å². The molecule has 0 aliphatic heterocycles. The number of nitrogens with zero attached hydrogens (tertiary/aromatic N) is 2. The maximum absolute atomic E-state index is 14.1. The van der Waals surface area contributed by atoms with E-state index in [9.17, 15) is 22.4 Å². The van der Waals surface area contributed by atoms with E-state index in [1.54, 1.807) is 13.8 Å². The molecule has 0 spiro atoms. The quantitative estimate of drug-likeness (QED) is 0.536. The van der Waals surface area contributed by atoms with E-state index in [1.807, 2.05) is 0 Å². The van der Waals surface area contributed by atoms with E-state index in [1.165, 1.54) is 19.4 Å². The summed E-state index contributed by atoms with van der Waals surface area (Å²) in [6, 6.07) is 1.92. The van der Waals surface area contributed by atoms with Crippen molar-refractivity contribution in [3.8, 4) is 23.5 Å². The third-order valence-electron chi connectivity index (χ3n) is 5.09. The lowest BCUT2D eigenvalue weighted by molar-refractivity contribution is -0.137. The molecule has 2 aromatic heterocycles. The lowest BCUT2D eigenvalue weighted by atomic mass is 9.68. The number of halogens is 4. The summed E-state index contributed by atoms with van der Waals surface area (Å²) in [6.45, 7) is 3.37. The van der Waals surface area contributed by atoms with E-state index in [-0.39, 0.29) is 34.6 Å². The number of ether oxygens (including phenoxy) is 1. The molecule has 0 saturated heterocycles.